The highest BCUT2D eigenvalue weighted by atomic mass is 16.7. The highest BCUT2D eigenvalue weighted by Crippen LogP contribution is 2.31. The van der Waals surface area contributed by atoms with Gasteiger partial charge in [0.15, 0.2) is 0 Å². The average molecular weight is 325 g/mol. The summed E-state index contributed by atoms with van der Waals surface area (Å²) in [5.74, 6) is 0.915. The topological polar surface area (TPSA) is 57.1 Å². The van der Waals surface area contributed by atoms with Gasteiger partial charge in [-0.15, -0.1) is 0 Å². The molecule has 0 saturated carbocycles. The Morgan fingerprint density at radius 1 is 1.25 bits per heavy atom. The third kappa shape index (κ3) is 3.40. The summed E-state index contributed by atoms with van der Waals surface area (Å²) < 4.78 is 11.0. The number of hydrogen-bond donors (Lipinski definition) is 0. The molecule has 2 aromatic rings. The summed E-state index contributed by atoms with van der Waals surface area (Å²) in [6, 6.07) is 12.7. The molecule has 1 atom stereocenters. The number of fused-ring (bicyclic) bond motifs is 1. The van der Waals surface area contributed by atoms with Gasteiger partial charge in [0.25, 0.3) is 0 Å². The maximum absolute atomic E-state index is 12.2. The van der Waals surface area contributed by atoms with Crippen molar-refractivity contribution in [1.82, 2.24) is 0 Å². The molecule has 0 radical (unpaired) electrons. The molecule has 0 N–H and O–H groups in total. The number of carbonyl (C=O) groups is 1. The monoisotopic (exact) mass is 325 g/mol. The normalized spacial score (nSPS) is 17.8. The Morgan fingerprint density at radius 2 is 2.08 bits per heavy atom. The molecule has 5 heteroatoms. The lowest BCUT2D eigenvalue weighted by Gasteiger charge is -2.24. The number of ether oxygens (including phenoxy) is 2. The SMILES string of the molecule is COc1ccc2c(c1)O[C@H](C)C/C2=N\OC(=O)c1cccc(C)c1. The van der Waals surface area contributed by atoms with Crippen LogP contribution in [0.15, 0.2) is 47.6 Å². The lowest BCUT2D eigenvalue weighted by Crippen LogP contribution is -2.25. The van der Waals surface area contributed by atoms with Crippen LogP contribution < -0.4 is 9.47 Å². The highest BCUT2D eigenvalue weighted by Gasteiger charge is 2.23. The number of methoxy groups -OCH3 is 1. The molecule has 3 rings (SSSR count). The minimum Gasteiger partial charge on any atom is -0.497 e. The zero-order valence-corrected chi connectivity index (χ0v) is 13.9. The first-order chi connectivity index (χ1) is 11.6. The van der Waals surface area contributed by atoms with Gasteiger partial charge in [-0.1, -0.05) is 22.9 Å². The van der Waals surface area contributed by atoms with Crippen molar-refractivity contribution in [3.05, 3.63) is 59.2 Å². The Kier molecular flexibility index (Phi) is 4.51. The Morgan fingerprint density at radius 3 is 2.83 bits per heavy atom. The van der Waals surface area contributed by atoms with Gasteiger partial charge in [0.1, 0.15) is 17.6 Å². The average Bonchev–Trinajstić information content (AvgIpc) is 2.58. The zero-order chi connectivity index (χ0) is 17.1. The summed E-state index contributed by atoms with van der Waals surface area (Å²) >= 11 is 0. The molecule has 0 bridgehead atoms. The second-order valence-corrected chi connectivity index (χ2v) is 5.78. The summed E-state index contributed by atoms with van der Waals surface area (Å²) in [4.78, 5) is 17.3. The molecular formula is C19H19NO4. The van der Waals surface area contributed by atoms with Crippen LogP contribution in [-0.2, 0) is 4.84 Å². The van der Waals surface area contributed by atoms with Gasteiger partial charge in [-0.3, -0.25) is 0 Å². The van der Waals surface area contributed by atoms with Gasteiger partial charge in [0.05, 0.1) is 18.4 Å². The molecule has 0 unspecified atom stereocenters. The number of aryl methyl sites for hydroxylation is 1. The van der Waals surface area contributed by atoms with Crippen molar-refractivity contribution in [3.8, 4) is 11.5 Å². The molecule has 1 aliphatic heterocycles. The van der Waals surface area contributed by atoms with Crippen LogP contribution >= 0.6 is 0 Å². The molecule has 24 heavy (non-hydrogen) atoms. The van der Waals surface area contributed by atoms with Crippen LogP contribution in [0.25, 0.3) is 0 Å². The van der Waals surface area contributed by atoms with E-state index >= 15 is 0 Å². The van der Waals surface area contributed by atoms with Crippen LogP contribution in [-0.4, -0.2) is 24.9 Å². The number of rotatable bonds is 3. The van der Waals surface area contributed by atoms with Gasteiger partial charge in [0, 0.05) is 18.1 Å². The molecule has 0 aliphatic carbocycles. The third-order valence-corrected chi connectivity index (χ3v) is 3.80. The van der Waals surface area contributed by atoms with E-state index in [-0.39, 0.29) is 6.10 Å². The molecule has 5 nitrogen and oxygen atoms in total. The van der Waals surface area contributed by atoms with Gasteiger partial charge in [-0.05, 0) is 38.1 Å². The van der Waals surface area contributed by atoms with E-state index < -0.39 is 5.97 Å². The van der Waals surface area contributed by atoms with Crippen LogP contribution in [0.4, 0.5) is 0 Å². The predicted molar refractivity (Wildman–Crippen MR) is 90.8 cm³/mol. The number of oxime groups is 1. The Labute approximate surface area is 140 Å². The number of carbonyl (C=O) groups excluding carboxylic acids is 1. The fraction of sp³-hybridized carbons (Fsp3) is 0.263. The van der Waals surface area contributed by atoms with Crippen molar-refractivity contribution in [2.75, 3.05) is 7.11 Å². The van der Waals surface area contributed by atoms with Crippen molar-refractivity contribution < 1.29 is 19.1 Å². The van der Waals surface area contributed by atoms with E-state index in [1.165, 1.54) is 0 Å². The minimum absolute atomic E-state index is 0.0546. The second kappa shape index (κ2) is 6.74. The molecule has 1 aliphatic rings. The molecule has 2 aromatic carbocycles. The summed E-state index contributed by atoms with van der Waals surface area (Å²) in [5, 5.41) is 4.08. The Hall–Kier alpha value is -2.82. The predicted octanol–water partition coefficient (Wildman–Crippen LogP) is 3.74. The fourth-order valence-electron chi connectivity index (χ4n) is 2.61. The Balaban J connectivity index is 1.84. The molecule has 124 valence electrons. The first-order valence-electron chi connectivity index (χ1n) is 7.77. The molecule has 1 heterocycles. The van der Waals surface area contributed by atoms with E-state index in [4.69, 9.17) is 14.3 Å². The number of hydrogen-bond acceptors (Lipinski definition) is 5. The van der Waals surface area contributed by atoms with Crippen molar-refractivity contribution in [1.29, 1.82) is 0 Å². The van der Waals surface area contributed by atoms with E-state index in [1.54, 1.807) is 19.2 Å². The summed E-state index contributed by atoms with van der Waals surface area (Å²) in [5.41, 5.74) is 2.97. The number of nitrogens with zero attached hydrogens (tertiary/aromatic N) is 1. The molecule has 0 spiro atoms. The van der Waals surface area contributed by atoms with E-state index in [9.17, 15) is 4.79 Å². The third-order valence-electron chi connectivity index (χ3n) is 3.80. The molecule has 0 amide bonds. The van der Waals surface area contributed by atoms with E-state index in [0.717, 1.165) is 11.1 Å². The van der Waals surface area contributed by atoms with Crippen LogP contribution in [0.2, 0.25) is 0 Å². The Bertz CT molecular complexity index is 798. The molecular weight excluding hydrogens is 306 g/mol. The highest BCUT2D eigenvalue weighted by molar-refractivity contribution is 6.04. The zero-order valence-electron chi connectivity index (χ0n) is 13.9. The molecule has 0 saturated heterocycles. The van der Waals surface area contributed by atoms with Gasteiger partial charge < -0.3 is 14.3 Å². The molecule has 0 fully saturated rings. The smallest absolute Gasteiger partial charge is 0.365 e. The van der Waals surface area contributed by atoms with Crippen LogP contribution in [0.3, 0.4) is 0 Å². The van der Waals surface area contributed by atoms with Gasteiger partial charge in [-0.25, -0.2) is 4.79 Å². The molecule has 0 aromatic heterocycles. The van der Waals surface area contributed by atoms with Crippen LogP contribution in [0.1, 0.15) is 34.8 Å². The van der Waals surface area contributed by atoms with Gasteiger partial charge >= 0.3 is 5.97 Å². The second-order valence-electron chi connectivity index (χ2n) is 5.78. The van der Waals surface area contributed by atoms with Crippen molar-refractivity contribution in [3.63, 3.8) is 0 Å². The maximum Gasteiger partial charge on any atom is 0.365 e. The van der Waals surface area contributed by atoms with Crippen LogP contribution in [0.5, 0.6) is 11.5 Å². The van der Waals surface area contributed by atoms with E-state index in [1.807, 2.05) is 44.2 Å². The van der Waals surface area contributed by atoms with Crippen molar-refractivity contribution in [2.45, 2.75) is 26.4 Å². The lowest BCUT2D eigenvalue weighted by molar-refractivity contribution is 0.0513. The standard InChI is InChI=1S/C19H19NO4/c1-12-5-4-6-14(9-12)19(21)24-20-17-10-13(2)23-18-11-15(22-3)7-8-16(17)18/h4-9,11,13H,10H2,1-3H3/b20-17+/t13-/m1/s1. The lowest BCUT2D eigenvalue weighted by atomic mass is 10.0. The van der Waals surface area contributed by atoms with Crippen molar-refractivity contribution >= 4 is 11.7 Å². The first-order valence-corrected chi connectivity index (χ1v) is 7.77. The van der Waals surface area contributed by atoms with Crippen LogP contribution in [0, 0.1) is 6.92 Å². The first kappa shape index (κ1) is 16.1. The number of benzene rings is 2. The van der Waals surface area contributed by atoms with E-state index in [2.05, 4.69) is 5.16 Å². The van der Waals surface area contributed by atoms with Crippen molar-refractivity contribution in [2.24, 2.45) is 5.16 Å². The summed E-state index contributed by atoms with van der Waals surface area (Å²) in [7, 11) is 1.60. The summed E-state index contributed by atoms with van der Waals surface area (Å²) in [6.45, 7) is 3.87. The maximum atomic E-state index is 12.2. The summed E-state index contributed by atoms with van der Waals surface area (Å²) in [6.07, 6.45) is 0.515. The largest absolute Gasteiger partial charge is 0.497 e. The van der Waals surface area contributed by atoms with Gasteiger partial charge in [0.2, 0.25) is 0 Å². The minimum atomic E-state index is -0.472. The quantitative estimate of drug-likeness (QED) is 0.637. The van der Waals surface area contributed by atoms with Gasteiger partial charge in [-0.2, -0.15) is 0 Å². The van der Waals surface area contributed by atoms with E-state index in [0.29, 0.717) is 29.2 Å². The fourth-order valence-corrected chi connectivity index (χ4v) is 2.61.